The molecule has 0 atom stereocenters. The van der Waals surface area contributed by atoms with Crippen LogP contribution in [0.25, 0.3) is 0 Å². The standard InChI is InChI=1S/C17H25N3/c1-2-14-8-10-17(11-9-14)13-19-16(18)20(17)12-15-6-4-3-5-7-15/h3-7,14H,2,8-13H2,1H3,(H2,18,19). The number of nitrogens with two attached hydrogens (primary N) is 1. The van der Waals surface area contributed by atoms with E-state index in [1.165, 1.54) is 37.7 Å². The largest absolute Gasteiger partial charge is 0.370 e. The lowest BCUT2D eigenvalue weighted by molar-refractivity contribution is 0.110. The van der Waals surface area contributed by atoms with Crippen molar-refractivity contribution in [3.8, 4) is 0 Å². The fourth-order valence-electron chi connectivity index (χ4n) is 3.71. The number of nitrogens with zero attached hydrogens (tertiary/aromatic N) is 2. The van der Waals surface area contributed by atoms with Crippen molar-refractivity contribution in [1.29, 1.82) is 0 Å². The van der Waals surface area contributed by atoms with Gasteiger partial charge in [-0.2, -0.15) is 0 Å². The molecule has 0 aromatic heterocycles. The Balaban J connectivity index is 1.75. The molecule has 2 aliphatic rings. The van der Waals surface area contributed by atoms with Crippen LogP contribution in [0.5, 0.6) is 0 Å². The van der Waals surface area contributed by atoms with Gasteiger partial charge in [-0.05, 0) is 37.2 Å². The average Bonchev–Trinajstić information content (AvgIpc) is 2.79. The molecule has 1 aliphatic carbocycles. The highest BCUT2D eigenvalue weighted by molar-refractivity contribution is 5.81. The van der Waals surface area contributed by atoms with Gasteiger partial charge in [-0.25, -0.2) is 0 Å². The van der Waals surface area contributed by atoms with Crippen LogP contribution < -0.4 is 5.73 Å². The summed E-state index contributed by atoms with van der Waals surface area (Å²) in [5, 5.41) is 0. The summed E-state index contributed by atoms with van der Waals surface area (Å²) in [6.07, 6.45) is 6.44. The third-order valence-corrected chi connectivity index (χ3v) is 5.18. The van der Waals surface area contributed by atoms with Crippen LogP contribution >= 0.6 is 0 Å². The van der Waals surface area contributed by atoms with E-state index in [-0.39, 0.29) is 5.54 Å². The van der Waals surface area contributed by atoms with Crippen molar-refractivity contribution >= 4 is 5.96 Å². The zero-order valence-corrected chi connectivity index (χ0v) is 12.4. The Morgan fingerprint density at radius 1 is 1.25 bits per heavy atom. The third-order valence-electron chi connectivity index (χ3n) is 5.18. The summed E-state index contributed by atoms with van der Waals surface area (Å²) in [5.41, 5.74) is 7.70. The summed E-state index contributed by atoms with van der Waals surface area (Å²) < 4.78 is 0. The van der Waals surface area contributed by atoms with Gasteiger partial charge in [0.05, 0.1) is 12.1 Å². The van der Waals surface area contributed by atoms with Gasteiger partial charge in [0.15, 0.2) is 5.96 Å². The maximum absolute atomic E-state index is 6.18. The lowest BCUT2D eigenvalue weighted by Crippen LogP contribution is -2.52. The summed E-state index contributed by atoms with van der Waals surface area (Å²) in [6, 6.07) is 10.6. The monoisotopic (exact) mass is 271 g/mol. The van der Waals surface area contributed by atoms with Crippen molar-refractivity contribution < 1.29 is 0 Å². The molecule has 0 amide bonds. The van der Waals surface area contributed by atoms with Crippen molar-refractivity contribution in [3.63, 3.8) is 0 Å². The van der Waals surface area contributed by atoms with Crippen molar-refractivity contribution in [3.05, 3.63) is 35.9 Å². The molecule has 108 valence electrons. The zero-order chi connectivity index (χ0) is 14.0. The second kappa shape index (κ2) is 5.47. The van der Waals surface area contributed by atoms with Gasteiger partial charge in [-0.3, -0.25) is 4.99 Å². The number of hydrogen-bond donors (Lipinski definition) is 1. The maximum Gasteiger partial charge on any atom is 0.192 e. The van der Waals surface area contributed by atoms with Gasteiger partial charge in [-0.1, -0.05) is 43.7 Å². The van der Waals surface area contributed by atoms with E-state index in [4.69, 9.17) is 5.73 Å². The molecule has 1 spiro atoms. The van der Waals surface area contributed by atoms with Crippen LogP contribution in [0.1, 0.15) is 44.6 Å². The topological polar surface area (TPSA) is 41.6 Å². The minimum atomic E-state index is 0.200. The van der Waals surface area contributed by atoms with E-state index in [1.807, 2.05) is 0 Å². The molecule has 1 saturated carbocycles. The Morgan fingerprint density at radius 2 is 1.95 bits per heavy atom. The first-order valence-corrected chi connectivity index (χ1v) is 7.85. The van der Waals surface area contributed by atoms with Crippen molar-refractivity contribution in [2.75, 3.05) is 6.54 Å². The molecule has 0 saturated heterocycles. The summed E-state index contributed by atoms with van der Waals surface area (Å²) >= 11 is 0. The van der Waals surface area contributed by atoms with Gasteiger partial charge >= 0.3 is 0 Å². The zero-order valence-electron chi connectivity index (χ0n) is 12.4. The first-order chi connectivity index (χ1) is 9.73. The number of guanidine groups is 1. The first kappa shape index (κ1) is 13.5. The summed E-state index contributed by atoms with van der Waals surface area (Å²) in [5.74, 6) is 1.64. The Hall–Kier alpha value is -1.51. The van der Waals surface area contributed by atoms with Crippen LogP contribution in [0.2, 0.25) is 0 Å². The molecule has 2 N–H and O–H groups in total. The molecule has 1 fully saturated rings. The highest BCUT2D eigenvalue weighted by Crippen LogP contribution is 2.40. The van der Waals surface area contributed by atoms with Crippen LogP contribution in [-0.4, -0.2) is 22.9 Å². The van der Waals surface area contributed by atoms with E-state index in [0.717, 1.165) is 25.0 Å². The minimum Gasteiger partial charge on any atom is -0.370 e. The molecule has 3 heteroatoms. The fraction of sp³-hybridized carbons (Fsp3) is 0.588. The Morgan fingerprint density at radius 3 is 2.60 bits per heavy atom. The minimum absolute atomic E-state index is 0.200. The second-order valence-electron chi connectivity index (χ2n) is 6.32. The highest BCUT2D eigenvalue weighted by atomic mass is 15.4. The van der Waals surface area contributed by atoms with Crippen molar-refractivity contribution in [2.45, 2.75) is 51.1 Å². The van der Waals surface area contributed by atoms with Gasteiger partial charge in [0.2, 0.25) is 0 Å². The highest BCUT2D eigenvalue weighted by Gasteiger charge is 2.44. The number of hydrogen-bond acceptors (Lipinski definition) is 3. The van der Waals surface area contributed by atoms with Crippen LogP contribution in [0.15, 0.2) is 35.3 Å². The van der Waals surface area contributed by atoms with Gasteiger partial charge in [0.1, 0.15) is 0 Å². The van der Waals surface area contributed by atoms with E-state index < -0.39 is 0 Å². The second-order valence-corrected chi connectivity index (χ2v) is 6.32. The molecule has 1 aromatic rings. The van der Waals surface area contributed by atoms with E-state index in [1.54, 1.807) is 0 Å². The quantitative estimate of drug-likeness (QED) is 0.917. The van der Waals surface area contributed by atoms with Crippen molar-refractivity contribution in [1.82, 2.24) is 4.90 Å². The number of benzene rings is 1. The lowest BCUT2D eigenvalue weighted by Gasteiger charge is -2.44. The molecule has 20 heavy (non-hydrogen) atoms. The van der Waals surface area contributed by atoms with Crippen molar-refractivity contribution in [2.24, 2.45) is 16.6 Å². The molecule has 1 aliphatic heterocycles. The molecule has 3 nitrogen and oxygen atoms in total. The predicted octanol–water partition coefficient (Wildman–Crippen LogP) is 3.16. The maximum atomic E-state index is 6.18. The van der Waals surface area contributed by atoms with Gasteiger partial charge in [0.25, 0.3) is 0 Å². The lowest BCUT2D eigenvalue weighted by atomic mass is 9.75. The SMILES string of the molecule is CCC1CCC2(CC1)CN=C(N)N2Cc1ccccc1. The molecule has 0 unspecified atom stereocenters. The van der Waals surface area contributed by atoms with Gasteiger partial charge in [0, 0.05) is 6.54 Å². The average molecular weight is 271 g/mol. The van der Waals surface area contributed by atoms with Crippen LogP contribution in [0.4, 0.5) is 0 Å². The number of aliphatic imine (C=N–C) groups is 1. The van der Waals surface area contributed by atoms with Crippen LogP contribution in [0.3, 0.4) is 0 Å². The fourth-order valence-corrected chi connectivity index (χ4v) is 3.71. The Labute approximate surface area is 121 Å². The summed E-state index contributed by atoms with van der Waals surface area (Å²) in [6.45, 7) is 4.10. The van der Waals surface area contributed by atoms with E-state index >= 15 is 0 Å². The Bertz CT molecular complexity index is 472. The molecular formula is C17H25N3. The molecule has 0 radical (unpaired) electrons. The van der Waals surface area contributed by atoms with E-state index in [9.17, 15) is 0 Å². The Kier molecular flexibility index (Phi) is 3.68. The van der Waals surface area contributed by atoms with Crippen LogP contribution in [-0.2, 0) is 6.54 Å². The smallest absolute Gasteiger partial charge is 0.192 e. The molecule has 1 aromatic carbocycles. The van der Waals surface area contributed by atoms with Crippen LogP contribution in [0, 0.1) is 5.92 Å². The molecule has 0 bridgehead atoms. The first-order valence-electron chi connectivity index (χ1n) is 7.85. The normalized spacial score (nSPS) is 29.8. The summed E-state index contributed by atoms with van der Waals surface area (Å²) in [4.78, 5) is 6.93. The third kappa shape index (κ3) is 2.41. The molecular weight excluding hydrogens is 246 g/mol. The predicted molar refractivity (Wildman–Crippen MR) is 83.5 cm³/mol. The van der Waals surface area contributed by atoms with Gasteiger partial charge < -0.3 is 10.6 Å². The molecule has 3 rings (SSSR count). The number of rotatable bonds is 3. The van der Waals surface area contributed by atoms with Gasteiger partial charge in [-0.15, -0.1) is 0 Å². The molecule has 1 heterocycles. The summed E-state index contributed by atoms with van der Waals surface area (Å²) in [7, 11) is 0. The van der Waals surface area contributed by atoms with E-state index in [0.29, 0.717) is 0 Å². The van der Waals surface area contributed by atoms with E-state index in [2.05, 4.69) is 47.1 Å².